The average Bonchev–Trinajstić information content (AvgIpc) is 2.87. The van der Waals surface area contributed by atoms with Crippen LogP contribution in [0.3, 0.4) is 0 Å². The maximum atomic E-state index is 11.8. The van der Waals surface area contributed by atoms with Crippen molar-refractivity contribution >= 4 is 29.6 Å². The van der Waals surface area contributed by atoms with E-state index in [1.807, 2.05) is 0 Å². The Kier molecular flexibility index (Phi) is 5.97. The number of rotatable bonds is 6. The zero-order chi connectivity index (χ0) is 13.5. The third kappa shape index (κ3) is 4.56. The van der Waals surface area contributed by atoms with Crippen molar-refractivity contribution in [3.8, 4) is 0 Å². The molecule has 18 heavy (non-hydrogen) atoms. The molecule has 0 bridgehead atoms. The third-order valence-electron chi connectivity index (χ3n) is 2.70. The zero-order valence-corrected chi connectivity index (χ0v) is 11.0. The SMILES string of the molecule is COC(=O)CC[C@@H](NC(=O)C1CCCS1)C(=O)O. The standard InChI is InChI=1S/C11H17NO5S/c1-17-9(13)5-4-7(11(15)16)12-10(14)8-3-2-6-18-8/h7-8H,2-6H2,1H3,(H,12,14)(H,15,16)/t7-,8?/m1/s1. The Morgan fingerprint density at radius 3 is 2.72 bits per heavy atom. The van der Waals surface area contributed by atoms with Crippen molar-refractivity contribution in [3.05, 3.63) is 0 Å². The molecule has 0 aliphatic carbocycles. The predicted molar refractivity (Wildman–Crippen MR) is 66.3 cm³/mol. The number of nitrogens with one attached hydrogen (secondary N) is 1. The Morgan fingerprint density at radius 2 is 2.22 bits per heavy atom. The molecule has 0 spiro atoms. The average molecular weight is 275 g/mol. The van der Waals surface area contributed by atoms with E-state index in [2.05, 4.69) is 10.1 Å². The number of carbonyl (C=O) groups is 3. The van der Waals surface area contributed by atoms with E-state index < -0.39 is 18.0 Å². The summed E-state index contributed by atoms with van der Waals surface area (Å²) in [6, 6.07) is -1.03. The highest BCUT2D eigenvalue weighted by Crippen LogP contribution is 2.26. The van der Waals surface area contributed by atoms with Gasteiger partial charge < -0.3 is 15.2 Å². The molecule has 0 radical (unpaired) electrons. The van der Waals surface area contributed by atoms with E-state index in [0.29, 0.717) is 0 Å². The van der Waals surface area contributed by atoms with E-state index in [0.717, 1.165) is 18.6 Å². The molecule has 1 aliphatic rings. The summed E-state index contributed by atoms with van der Waals surface area (Å²) >= 11 is 1.54. The molecule has 0 aromatic carbocycles. The lowest BCUT2D eigenvalue weighted by atomic mass is 10.1. The smallest absolute Gasteiger partial charge is 0.326 e. The number of carboxylic acid groups (broad SMARTS) is 1. The number of ether oxygens (including phenoxy) is 1. The number of hydrogen-bond acceptors (Lipinski definition) is 5. The van der Waals surface area contributed by atoms with Crippen LogP contribution in [-0.2, 0) is 19.1 Å². The first-order chi connectivity index (χ1) is 8.54. The first kappa shape index (κ1) is 14.8. The summed E-state index contributed by atoms with van der Waals surface area (Å²) in [5.41, 5.74) is 0. The van der Waals surface area contributed by atoms with E-state index in [1.54, 1.807) is 0 Å². The lowest BCUT2D eigenvalue weighted by Gasteiger charge is -2.16. The highest BCUT2D eigenvalue weighted by Gasteiger charge is 2.28. The Bertz CT molecular complexity index is 327. The number of hydrogen-bond donors (Lipinski definition) is 2. The van der Waals surface area contributed by atoms with Gasteiger partial charge in [0.15, 0.2) is 0 Å². The minimum absolute atomic E-state index is 0.0223. The summed E-state index contributed by atoms with van der Waals surface area (Å²) in [4.78, 5) is 33.7. The fraction of sp³-hybridized carbons (Fsp3) is 0.727. The molecule has 102 valence electrons. The van der Waals surface area contributed by atoms with Crippen LogP contribution < -0.4 is 5.32 Å². The number of amides is 1. The van der Waals surface area contributed by atoms with Crippen LogP contribution in [0.25, 0.3) is 0 Å². The van der Waals surface area contributed by atoms with Crippen LogP contribution in [0.5, 0.6) is 0 Å². The van der Waals surface area contributed by atoms with Crippen molar-refractivity contribution in [2.75, 3.05) is 12.9 Å². The van der Waals surface area contributed by atoms with Gasteiger partial charge >= 0.3 is 11.9 Å². The van der Waals surface area contributed by atoms with Crippen molar-refractivity contribution in [2.24, 2.45) is 0 Å². The molecule has 2 N–H and O–H groups in total. The molecule has 2 atom stereocenters. The van der Waals surface area contributed by atoms with Crippen LogP contribution in [0.15, 0.2) is 0 Å². The van der Waals surface area contributed by atoms with Gasteiger partial charge in [0.2, 0.25) is 5.91 Å². The fourth-order valence-corrected chi connectivity index (χ4v) is 2.84. The summed E-state index contributed by atoms with van der Waals surface area (Å²) < 4.78 is 4.44. The molecular weight excluding hydrogens is 258 g/mol. The molecule has 1 saturated heterocycles. The monoisotopic (exact) mass is 275 g/mol. The molecule has 0 saturated carbocycles. The van der Waals surface area contributed by atoms with Gasteiger partial charge in [0.05, 0.1) is 12.4 Å². The summed E-state index contributed by atoms with van der Waals surface area (Å²) in [6.45, 7) is 0. The molecule has 7 heteroatoms. The second kappa shape index (κ2) is 7.25. The molecular formula is C11H17NO5S. The van der Waals surface area contributed by atoms with Gasteiger partial charge in [-0.15, -0.1) is 11.8 Å². The fourth-order valence-electron chi connectivity index (χ4n) is 1.67. The molecule has 0 aromatic rings. The molecule has 1 unspecified atom stereocenters. The lowest BCUT2D eigenvalue weighted by Crippen LogP contribution is -2.44. The van der Waals surface area contributed by atoms with Crippen molar-refractivity contribution < 1.29 is 24.2 Å². The van der Waals surface area contributed by atoms with Gasteiger partial charge in [0, 0.05) is 6.42 Å². The van der Waals surface area contributed by atoms with Gasteiger partial charge in [-0.25, -0.2) is 4.79 Å². The largest absolute Gasteiger partial charge is 0.480 e. The summed E-state index contributed by atoms with van der Waals surface area (Å²) in [5, 5.41) is 11.3. The topological polar surface area (TPSA) is 92.7 Å². The first-order valence-electron chi connectivity index (χ1n) is 5.76. The minimum Gasteiger partial charge on any atom is -0.480 e. The van der Waals surface area contributed by atoms with Gasteiger partial charge in [-0.2, -0.15) is 0 Å². The van der Waals surface area contributed by atoms with E-state index in [4.69, 9.17) is 5.11 Å². The molecule has 1 fully saturated rings. The minimum atomic E-state index is -1.13. The van der Waals surface area contributed by atoms with Crippen molar-refractivity contribution in [1.82, 2.24) is 5.32 Å². The van der Waals surface area contributed by atoms with Gasteiger partial charge in [-0.05, 0) is 25.0 Å². The summed E-state index contributed by atoms with van der Waals surface area (Å²) in [5.74, 6) is -0.936. The number of carboxylic acids is 1. The van der Waals surface area contributed by atoms with E-state index in [9.17, 15) is 14.4 Å². The summed E-state index contributed by atoms with van der Waals surface area (Å²) in [6.07, 6.45) is 1.78. The second-order valence-electron chi connectivity index (χ2n) is 4.02. The van der Waals surface area contributed by atoms with Gasteiger partial charge in [-0.1, -0.05) is 0 Å². The Morgan fingerprint density at radius 1 is 1.50 bits per heavy atom. The van der Waals surface area contributed by atoms with Crippen LogP contribution in [0.1, 0.15) is 25.7 Å². The highest BCUT2D eigenvalue weighted by atomic mass is 32.2. The van der Waals surface area contributed by atoms with E-state index >= 15 is 0 Å². The molecule has 0 aromatic heterocycles. The summed E-state index contributed by atoms with van der Waals surface area (Å²) in [7, 11) is 1.24. The van der Waals surface area contributed by atoms with Crippen LogP contribution in [0.4, 0.5) is 0 Å². The normalized spacial score (nSPS) is 20.2. The lowest BCUT2D eigenvalue weighted by molar-refractivity contribution is -0.144. The van der Waals surface area contributed by atoms with Crippen molar-refractivity contribution in [3.63, 3.8) is 0 Å². The van der Waals surface area contributed by atoms with Gasteiger partial charge in [0.1, 0.15) is 6.04 Å². The Balaban J connectivity index is 2.44. The van der Waals surface area contributed by atoms with E-state index in [1.165, 1.54) is 18.9 Å². The molecule has 1 heterocycles. The second-order valence-corrected chi connectivity index (χ2v) is 5.33. The van der Waals surface area contributed by atoms with Gasteiger partial charge in [-0.3, -0.25) is 9.59 Å². The number of methoxy groups -OCH3 is 1. The number of carbonyl (C=O) groups excluding carboxylic acids is 2. The number of esters is 1. The van der Waals surface area contributed by atoms with Crippen LogP contribution in [0.2, 0.25) is 0 Å². The predicted octanol–water partition coefficient (Wildman–Crippen LogP) is 0.405. The molecule has 1 rings (SSSR count). The van der Waals surface area contributed by atoms with Crippen molar-refractivity contribution in [2.45, 2.75) is 37.0 Å². The Labute approximate surface area is 109 Å². The molecule has 1 aliphatic heterocycles. The maximum Gasteiger partial charge on any atom is 0.326 e. The number of thioether (sulfide) groups is 1. The van der Waals surface area contributed by atoms with Crippen LogP contribution in [0, 0.1) is 0 Å². The van der Waals surface area contributed by atoms with Gasteiger partial charge in [0.25, 0.3) is 0 Å². The number of aliphatic carboxylic acids is 1. The van der Waals surface area contributed by atoms with Crippen molar-refractivity contribution in [1.29, 1.82) is 0 Å². The first-order valence-corrected chi connectivity index (χ1v) is 6.81. The highest BCUT2D eigenvalue weighted by molar-refractivity contribution is 8.00. The third-order valence-corrected chi connectivity index (χ3v) is 4.08. The molecule has 1 amide bonds. The Hall–Kier alpha value is -1.24. The quantitative estimate of drug-likeness (QED) is 0.682. The van der Waals surface area contributed by atoms with E-state index in [-0.39, 0.29) is 24.0 Å². The zero-order valence-electron chi connectivity index (χ0n) is 10.2. The van der Waals surface area contributed by atoms with Crippen LogP contribution >= 0.6 is 11.8 Å². The van der Waals surface area contributed by atoms with Crippen LogP contribution in [-0.4, -0.2) is 47.1 Å². The maximum absolute atomic E-state index is 11.8. The molecule has 6 nitrogen and oxygen atoms in total.